The largest absolute Gasteiger partial charge is 0.552 e. The van der Waals surface area contributed by atoms with E-state index in [1.165, 1.54) is 23.5 Å². The number of carbonyl (C=O) groups is 4. The summed E-state index contributed by atoms with van der Waals surface area (Å²) >= 11 is 0. The fourth-order valence-electron chi connectivity index (χ4n) is 4.14. The van der Waals surface area contributed by atoms with Crippen LogP contribution in [0.1, 0.15) is 36.3 Å². The Kier molecular flexibility index (Phi) is 9.91. The number of nitrogens with zero attached hydrogens (tertiary/aromatic N) is 3. The second-order valence-corrected chi connectivity index (χ2v) is 9.66. The maximum absolute atomic E-state index is 13.5. The van der Waals surface area contributed by atoms with E-state index < -0.39 is 55.0 Å². The molecule has 0 spiro atoms. The van der Waals surface area contributed by atoms with Crippen LogP contribution in [0.5, 0.6) is 0 Å². The summed E-state index contributed by atoms with van der Waals surface area (Å²) < 4.78 is 11.2. The highest BCUT2D eigenvalue weighted by Gasteiger charge is 2.50. The van der Waals surface area contributed by atoms with Crippen LogP contribution >= 0.6 is 0 Å². The van der Waals surface area contributed by atoms with Crippen LogP contribution in [-0.4, -0.2) is 89.1 Å². The molecular weight excluding hydrogens is 493 g/mol. The van der Waals surface area contributed by atoms with Crippen molar-refractivity contribution in [3.63, 3.8) is 0 Å². The molecule has 0 aliphatic carbocycles. The van der Waals surface area contributed by atoms with Crippen molar-refractivity contribution in [3.8, 4) is 0 Å². The fraction of sp³-hybridized carbons (Fsp3) is 0.440. The van der Waals surface area contributed by atoms with Crippen molar-refractivity contribution < 1.29 is 33.6 Å². The van der Waals surface area contributed by atoms with Gasteiger partial charge in [0.25, 0.3) is 5.91 Å². The molecule has 202 valence electrons. The van der Waals surface area contributed by atoms with E-state index in [2.05, 4.69) is 20.6 Å². The maximum Gasteiger partial charge on any atom is 0.552 e. The highest BCUT2D eigenvalue weighted by Crippen LogP contribution is 2.21. The first-order chi connectivity index (χ1) is 18.1. The summed E-state index contributed by atoms with van der Waals surface area (Å²) in [6, 6.07) is 6.96. The number of aliphatic carboxylic acids is 1. The first-order valence-electron chi connectivity index (χ1n) is 12.2. The van der Waals surface area contributed by atoms with Crippen molar-refractivity contribution in [1.29, 1.82) is 0 Å². The van der Waals surface area contributed by atoms with Gasteiger partial charge in [0.1, 0.15) is 17.8 Å². The molecule has 2 heterocycles. The van der Waals surface area contributed by atoms with Crippen molar-refractivity contribution in [1.82, 2.24) is 25.5 Å². The molecule has 0 bridgehead atoms. The number of amides is 2. The van der Waals surface area contributed by atoms with Gasteiger partial charge in [-0.1, -0.05) is 44.2 Å². The number of hydrogen-bond donors (Lipinski definition) is 3. The molecule has 1 aromatic heterocycles. The summed E-state index contributed by atoms with van der Waals surface area (Å²) in [5, 5.41) is 15.2. The Bertz CT molecular complexity index is 1120. The summed E-state index contributed by atoms with van der Waals surface area (Å²) in [7, 11) is 1.76. The zero-order valence-electron chi connectivity index (χ0n) is 21.7. The molecule has 12 nitrogen and oxygen atoms in total. The number of likely N-dealkylation sites (N-methyl/N-ethyl adjacent to an activating group) is 1. The van der Waals surface area contributed by atoms with Gasteiger partial charge in [-0.3, -0.25) is 24.3 Å². The molecule has 3 N–H and O–H groups in total. The lowest BCUT2D eigenvalue weighted by Crippen LogP contribution is -2.64. The van der Waals surface area contributed by atoms with E-state index in [0.717, 1.165) is 5.56 Å². The molecular formula is C25H32BN5O7. The third-order valence-electron chi connectivity index (χ3n) is 5.92. The number of carboxylic acid groups (broad SMARTS) is 1. The van der Waals surface area contributed by atoms with Crippen LogP contribution in [0, 0.1) is 5.92 Å². The molecule has 0 saturated carbocycles. The van der Waals surface area contributed by atoms with Crippen molar-refractivity contribution in [3.05, 3.63) is 60.2 Å². The Morgan fingerprint density at radius 3 is 2.42 bits per heavy atom. The van der Waals surface area contributed by atoms with Gasteiger partial charge in [-0.2, -0.15) is 0 Å². The van der Waals surface area contributed by atoms with Crippen LogP contribution in [0.4, 0.5) is 0 Å². The molecule has 4 atom stereocenters. The van der Waals surface area contributed by atoms with E-state index in [1.54, 1.807) is 14.1 Å². The minimum absolute atomic E-state index is 0.0270. The van der Waals surface area contributed by atoms with Crippen LogP contribution in [0.15, 0.2) is 48.9 Å². The third-order valence-corrected chi connectivity index (χ3v) is 5.92. The molecule has 38 heavy (non-hydrogen) atoms. The van der Waals surface area contributed by atoms with Gasteiger partial charge in [0.15, 0.2) is 6.10 Å². The summed E-state index contributed by atoms with van der Waals surface area (Å²) in [5.74, 6) is -4.08. The van der Waals surface area contributed by atoms with Crippen molar-refractivity contribution in [2.24, 2.45) is 5.92 Å². The second kappa shape index (κ2) is 13.1. The molecule has 1 aliphatic heterocycles. The highest BCUT2D eigenvalue weighted by atomic mass is 16.6. The van der Waals surface area contributed by atoms with Crippen molar-refractivity contribution >= 4 is 30.9 Å². The monoisotopic (exact) mass is 525 g/mol. The van der Waals surface area contributed by atoms with E-state index in [0.29, 0.717) is 6.42 Å². The lowest BCUT2D eigenvalue weighted by atomic mass is 9.72. The standard InChI is InChI=1S/C25H32BN5O7/c1-15(2)12-19(26-37-21(24(34)35)20(31(3)4)25(36)38-26)30-22(32)17(13-16-8-6-5-7-9-16)29-23(33)18-14-27-10-11-28-18/h5-11,14-15,17,19-21H,12-13H2,1-4H3,(H,29,33)(H,30,32)(H,34,35)/t17?,19-,20-,21+/m0/s1. The van der Waals surface area contributed by atoms with E-state index in [9.17, 15) is 24.3 Å². The number of carboxylic acids is 1. The first-order valence-corrected chi connectivity index (χ1v) is 12.2. The highest BCUT2D eigenvalue weighted by molar-refractivity contribution is 6.50. The maximum atomic E-state index is 13.5. The number of rotatable bonds is 11. The molecule has 1 aliphatic rings. The average molecular weight is 525 g/mol. The third kappa shape index (κ3) is 7.59. The quantitative estimate of drug-likeness (QED) is 0.349. The Balaban J connectivity index is 1.84. The van der Waals surface area contributed by atoms with Gasteiger partial charge in [-0.25, -0.2) is 9.78 Å². The normalized spacial score (nSPS) is 19.0. The van der Waals surface area contributed by atoms with Gasteiger partial charge in [-0.15, -0.1) is 0 Å². The second-order valence-electron chi connectivity index (χ2n) is 9.66. The summed E-state index contributed by atoms with van der Waals surface area (Å²) in [6.07, 6.45) is 3.08. The average Bonchev–Trinajstić information content (AvgIpc) is 2.87. The summed E-state index contributed by atoms with van der Waals surface area (Å²) in [6.45, 7) is 3.80. The predicted molar refractivity (Wildman–Crippen MR) is 137 cm³/mol. The number of benzene rings is 1. The SMILES string of the molecule is CC(C)C[C@H](NC(=O)C(Cc1ccccc1)NC(=O)c1cnccn1)B1OC(=O)[C@@H](N(C)C)[C@H](C(=O)O)O1. The van der Waals surface area contributed by atoms with Gasteiger partial charge in [0, 0.05) is 18.8 Å². The molecule has 1 fully saturated rings. The van der Waals surface area contributed by atoms with Crippen LogP contribution in [0.25, 0.3) is 0 Å². The minimum Gasteiger partial charge on any atom is -0.507 e. The Morgan fingerprint density at radius 1 is 1.13 bits per heavy atom. The van der Waals surface area contributed by atoms with E-state index in [4.69, 9.17) is 9.31 Å². The topological polar surface area (TPSA) is 160 Å². The number of carbonyl (C=O) groups excluding carboxylic acids is 3. The van der Waals surface area contributed by atoms with Crippen molar-refractivity contribution in [2.45, 2.75) is 50.8 Å². The molecule has 2 amide bonds. The zero-order chi connectivity index (χ0) is 27.8. The molecule has 0 radical (unpaired) electrons. The van der Waals surface area contributed by atoms with Crippen LogP contribution < -0.4 is 10.6 Å². The number of aromatic nitrogens is 2. The Hall–Kier alpha value is -3.84. The lowest BCUT2D eigenvalue weighted by molar-refractivity contribution is -0.165. The van der Waals surface area contributed by atoms with Gasteiger partial charge in [-0.05, 0) is 32.0 Å². The zero-order valence-corrected chi connectivity index (χ0v) is 21.7. The number of hydrogen-bond acceptors (Lipinski definition) is 9. The molecule has 2 aromatic rings. The molecule has 3 rings (SSSR count). The van der Waals surface area contributed by atoms with Gasteiger partial charge in [0.05, 0.1) is 12.1 Å². The van der Waals surface area contributed by atoms with Crippen LogP contribution in [0.2, 0.25) is 0 Å². The van der Waals surface area contributed by atoms with Gasteiger partial charge < -0.3 is 25.0 Å². The summed E-state index contributed by atoms with van der Waals surface area (Å²) in [4.78, 5) is 60.2. The van der Waals surface area contributed by atoms with Crippen LogP contribution in [-0.2, 0) is 30.1 Å². The molecule has 1 aromatic carbocycles. The van der Waals surface area contributed by atoms with E-state index in [-0.39, 0.29) is 18.0 Å². The fourth-order valence-corrected chi connectivity index (χ4v) is 4.14. The predicted octanol–water partition coefficient (Wildman–Crippen LogP) is 0.333. The van der Waals surface area contributed by atoms with Crippen LogP contribution in [0.3, 0.4) is 0 Å². The lowest BCUT2D eigenvalue weighted by Gasteiger charge is -2.37. The van der Waals surface area contributed by atoms with E-state index in [1.807, 2.05) is 44.2 Å². The van der Waals surface area contributed by atoms with E-state index >= 15 is 0 Å². The van der Waals surface area contributed by atoms with Gasteiger partial charge >= 0.3 is 19.1 Å². The molecule has 1 saturated heterocycles. The molecule has 13 heteroatoms. The smallest absolute Gasteiger partial charge is 0.507 e. The minimum atomic E-state index is -1.49. The van der Waals surface area contributed by atoms with Crippen molar-refractivity contribution in [2.75, 3.05) is 14.1 Å². The van der Waals surface area contributed by atoms with Gasteiger partial charge in [0.2, 0.25) is 5.91 Å². The number of nitrogens with one attached hydrogen (secondary N) is 2. The Labute approximate surface area is 221 Å². The first kappa shape index (κ1) is 28.7. The summed E-state index contributed by atoms with van der Waals surface area (Å²) in [5.41, 5.74) is 0.841. The molecule has 1 unspecified atom stereocenters. The Morgan fingerprint density at radius 2 is 1.84 bits per heavy atom.